The topological polar surface area (TPSA) is 124 Å². The number of nitrogens with zero attached hydrogens (tertiary/aromatic N) is 1. The molecule has 0 spiro atoms. The minimum atomic E-state index is -4.11. The van der Waals surface area contributed by atoms with Gasteiger partial charge in [-0.3, -0.25) is 9.10 Å². The van der Waals surface area contributed by atoms with E-state index in [1.54, 1.807) is 19.1 Å². The number of hydrogen-bond acceptors (Lipinski definition) is 6. The number of halogens is 2. The maximum Gasteiger partial charge on any atom is 0.264 e. The Morgan fingerprint density at radius 1 is 1.03 bits per heavy atom. The number of benzene rings is 3. The number of carbonyl (C=O) groups excluding carboxylic acids is 1. The Labute approximate surface area is 220 Å². The van der Waals surface area contributed by atoms with Crippen molar-refractivity contribution in [3.8, 4) is 16.9 Å². The number of ketones is 1. The van der Waals surface area contributed by atoms with Gasteiger partial charge in [0.25, 0.3) is 10.0 Å². The quantitative estimate of drug-likeness (QED) is 0.420. The van der Waals surface area contributed by atoms with Crippen LogP contribution in [0.25, 0.3) is 11.1 Å². The number of anilines is 1. The second-order valence-corrected chi connectivity index (χ2v) is 12.7. The van der Waals surface area contributed by atoms with Crippen molar-refractivity contribution in [3.63, 3.8) is 0 Å². The fourth-order valence-electron chi connectivity index (χ4n) is 4.18. The summed E-state index contributed by atoms with van der Waals surface area (Å²) in [5.41, 5.74) is 1.09. The average Bonchev–Trinajstić information content (AvgIpc) is 2.86. The van der Waals surface area contributed by atoms with Crippen LogP contribution in [0.15, 0.2) is 65.6 Å². The van der Waals surface area contributed by atoms with Gasteiger partial charge in [-0.05, 0) is 66.9 Å². The van der Waals surface area contributed by atoms with Crippen molar-refractivity contribution in [2.24, 2.45) is 5.14 Å². The molecule has 0 fully saturated rings. The first kappa shape index (κ1) is 27.7. The predicted octanol–water partition coefficient (Wildman–Crippen LogP) is 3.92. The molecule has 0 bridgehead atoms. The van der Waals surface area contributed by atoms with Crippen molar-refractivity contribution in [3.05, 3.63) is 77.9 Å². The molecule has 0 unspecified atom stereocenters. The molecule has 1 heterocycles. The zero-order valence-corrected chi connectivity index (χ0v) is 22.1. The third kappa shape index (κ3) is 6.37. The minimum absolute atomic E-state index is 0.0377. The molecule has 0 aromatic heterocycles. The van der Waals surface area contributed by atoms with Crippen LogP contribution < -0.4 is 14.2 Å². The Balaban J connectivity index is 1.69. The summed E-state index contributed by atoms with van der Waals surface area (Å²) in [5.74, 6) is -1.96. The predicted molar refractivity (Wildman–Crippen MR) is 139 cm³/mol. The number of fused-ring (bicyclic) bond motifs is 1. The first-order valence-corrected chi connectivity index (χ1v) is 14.9. The Kier molecular flexibility index (Phi) is 7.86. The Bertz CT molecular complexity index is 1590. The van der Waals surface area contributed by atoms with Gasteiger partial charge in [0.2, 0.25) is 10.0 Å². The van der Waals surface area contributed by atoms with Gasteiger partial charge >= 0.3 is 0 Å². The van der Waals surface area contributed by atoms with Gasteiger partial charge in [0.05, 0.1) is 22.9 Å². The Morgan fingerprint density at radius 3 is 2.50 bits per heavy atom. The summed E-state index contributed by atoms with van der Waals surface area (Å²) in [4.78, 5) is 12.2. The number of Topliss-reactive ketones (excluding diaryl/α,β-unsaturated/α-hetero) is 1. The molecule has 4 rings (SSSR count). The molecule has 12 heteroatoms. The first-order valence-electron chi connectivity index (χ1n) is 11.7. The maximum absolute atomic E-state index is 14.5. The van der Waals surface area contributed by atoms with E-state index in [0.717, 1.165) is 28.1 Å². The van der Waals surface area contributed by atoms with E-state index in [1.165, 1.54) is 30.3 Å². The molecule has 3 aromatic carbocycles. The third-order valence-electron chi connectivity index (χ3n) is 6.12. The van der Waals surface area contributed by atoms with Crippen molar-refractivity contribution in [2.75, 3.05) is 16.6 Å². The van der Waals surface area contributed by atoms with Crippen molar-refractivity contribution in [2.45, 2.75) is 37.2 Å². The lowest BCUT2D eigenvalue weighted by molar-refractivity contribution is -0.119. The molecule has 0 radical (unpaired) electrons. The number of carbonyl (C=O) groups is 1. The fraction of sp³-hybridized carbons (Fsp3) is 0.269. The van der Waals surface area contributed by atoms with Gasteiger partial charge in [0.15, 0.2) is 0 Å². The molecule has 2 N–H and O–H groups in total. The highest BCUT2D eigenvalue weighted by atomic mass is 32.2. The summed E-state index contributed by atoms with van der Waals surface area (Å²) < 4.78 is 85.3. The van der Waals surface area contributed by atoms with Gasteiger partial charge in [-0.15, -0.1) is 0 Å². The number of rotatable bonds is 9. The lowest BCUT2D eigenvalue weighted by Gasteiger charge is -2.36. The largest absolute Gasteiger partial charge is 0.486 e. The van der Waals surface area contributed by atoms with Crippen LogP contribution in [-0.2, 0) is 24.8 Å². The molecule has 3 aromatic rings. The van der Waals surface area contributed by atoms with E-state index in [-0.39, 0.29) is 59.0 Å². The van der Waals surface area contributed by atoms with Crippen LogP contribution in [0.4, 0.5) is 14.5 Å². The van der Waals surface area contributed by atoms with Crippen LogP contribution in [-0.4, -0.2) is 41.0 Å². The SMILES string of the molecule is Cc1cccc(S(=O)(=O)N2C[C@H](CCC(=O)CCS(N)(=O)=O)Oc3ccc(-c4cc(F)ccc4F)cc32)c1. The van der Waals surface area contributed by atoms with Crippen molar-refractivity contribution >= 4 is 31.5 Å². The van der Waals surface area contributed by atoms with E-state index in [1.807, 2.05) is 0 Å². The van der Waals surface area contributed by atoms with Gasteiger partial charge in [-0.1, -0.05) is 18.2 Å². The number of hydrogen-bond donors (Lipinski definition) is 1. The van der Waals surface area contributed by atoms with Gasteiger partial charge < -0.3 is 4.74 Å². The molecule has 202 valence electrons. The van der Waals surface area contributed by atoms with Crippen LogP contribution >= 0.6 is 0 Å². The van der Waals surface area contributed by atoms with E-state index in [0.29, 0.717) is 0 Å². The van der Waals surface area contributed by atoms with Crippen LogP contribution in [0.3, 0.4) is 0 Å². The molecule has 1 aliphatic rings. The lowest BCUT2D eigenvalue weighted by atomic mass is 10.0. The summed E-state index contributed by atoms with van der Waals surface area (Å²) in [6.45, 7) is 1.61. The van der Waals surface area contributed by atoms with E-state index in [2.05, 4.69) is 0 Å². The molecule has 1 atom stereocenters. The minimum Gasteiger partial charge on any atom is -0.486 e. The number of sulfonamides is 2. The summed E-state index contributed by atoms with van der Waals surface area (Å²) in [5, 5.41) is 4.96. The number of primary sulfonamides is 1. The maximum atomic E-state index is 14.5. The molecular formula is C26H26F2N2O6S2. The standard InChI is InChI=1S/C26H26F2N2O6S2/c1-17-3-2-4-22(13-17)38(34,35)30-16-21(8-7-20(31)11-12-37(29,32)33)36-26-10-5-18(14-25(26)30)23-15-19(27)6-9-24(23)28/h2-6,9-10,13-15,21H,7-8,11-12,16H2,1H3,(H2,29,32,33)/t21-/m0/s1. The summed E-state index contributed by atoms with van der Waals surface area (Å²) >= 11 is 0. The fourth-order valence-corrected chi connectivity index (χ4v) is 6.30. The van der Waals surface area contributed by atoms with E-state index >= 15 is 0 Å². The number of aryl methyl sites for hydroxylation is 1. The molecule has 0 aliphatic carbocycles. The number of nitrogens with two attached hydrogens (primary N) is 1. The molecular weight excluding hydrogens is 538 g/mol. The first-order chi connectivity index (χ1) is 17.8. The van der Waals surface area contributed by atoms with Gasteiger partial charge in [0.1, 0.15) is 29.3 Å². The lowest BCUT2D eigenvalue weighted by Crippen LogP contribution is -2.43. The molecule has 1 aliphatic heterocycles. The average molecular weight is 565 g/mol. The second-order valence-electron chi connectivity index (χ2n) is 9.09. The van der Waals surface area contributed by atoms with Crippen LogP contribution in [0.2, 0.25) is 0 Å². The molecule has 0 saturated carbocycles. The summed E-state index contributed by atoms with van der Waals surface area (Å²) in [7, 11) is -7.90. The smallest absolute Gasteiger partial charge is 0.264 e. The normalized spacial score (nSPS) is 15.6. The summed E-state index contributed by atoms with van der Waals surface area (Å²) in [6, 6.07) is 13.7. The van der Waals surface area contributed by atoms with Crippen molar-refractivity contribution in [1.82, 2.24) is 0 Å². The van der Waals surface area contributed by atoms with E-state index in [4.69, 9.17) is 9.88 Å². The van der Waals surface area contributed by atoms with E-state index < -0.39 is 43.5 Å². The van der Waals surface area contributed by atoms with Gasteiger partial charge in [-0.2, -0.15) is 0 Å². The zero-order valence-electron chi connectivity index (χ0n) is 20.4. The highest BCUT2D eigenvalue weighted by molar-refractivity contribution is 7.92. The third-order valence-corrected chi connectivity index (χ3v) is 8.67. The van der Waals surface area contributed by atoms with Crippen LogP contribution in [0.1, 0.15) is 24.8 Å². The Morgan fingerprint density at radius 2 is 1.79 bits per heavy atom. The Hall–Kier alpha value is -3.35. The van der Waals surface area contributed by atoms with E-state index in [9.17, 15) is 30.4 Å². The van der Waals surface area contributed by atoms with Crippen LogP contribution in [0.5, 0.6) is 5.75 Å². The van der Waals surface area contributed by atoms with Crippen LogP contribution in [0, 0.1) is 18.6 Å². The van der Waals surface area contributed by atoms with Crippen molar-refractivity contribution < 1.29 is 35.1 Å². The van der Waals surface area contributed by atoms with Crippen molar-refractivity contribution in [1.29, 1.82) is 0 Å². The number of ether oxygens (including phenoxy) is 1. The monoisotopic (exact) mass is 564 g/mol. The summed E-state index contributed by atoms with van der Waals surface area (Å²) in [6.07, 6.45) is -0.892. The molecule has 0 saturated heterocycles. The highest BCUT2D eigenvalue weighted by Gasteiger charge is 2.35. The van der Waals surface area contributed by atoms with Gasteiger partial charge in [0, 0.05) is 18.4 Å². The zero-order chi connectivity index (χ0) is 27.7. The van der Waals surface area contributed by atoms with Gasteiger partial charge in [-0.25, -0.2) is 30.8 Å². The molecule has 8 nitrogen and oxygen atoms in total. The second kappa shape index (κ2) is 10.8. The molecule has 38 heavy (non-hydrogen) atoms. The molecule has 0 amide bonds. The highest BCUT2D eigenvalue weighted by Crippen LogP contribution is 2.41.